The summed E-state index contributed by atoms with van der Waals surface area (Å²) in [7, 11) is 0. The van der Waals surface area contributed by atoms with Crippen LogP contribution in [0.15, 0.2) is 72.8 Å². The van der Waals surface area contributed by atoms with Gasteiger partial charge in [0.1, 0.15) is 17.3 Å². The summed E-state index contributed by atoms with van der Waals surface area (Å²) in [6.07, 6.45) is 0.123. The first-order chi connectivity index (χ1) is 14.5. The molecule has 0 unspecified atom stereocenters. The molecule has 5 nitrogen and oxygen atoms in total. The van der Waals surface area contributed by atoms with E-state index in [0.29, 0.717) is 17.1 Å². The summed E-state index contributed by atoms with van der Waals surface area (Å²) in [6.45, 7) is 2.27. The summed E-state index contributed by atoms with van der Waals surface area (Å²) in [4.78, 5) is 26.4. The maximum atomic E-state index is 13.1. The third-order valence-corrected chi connectivity index (χ3v) is 4.98. The maximum Gasteiger partial charge on any atom is 0.229 e. The van der Waals surface area contributed by atoms with Gasteiger partial charge in [-0.1, -0.05) is 12.1 Å². The van der Waals surface area contributed by atoms with Gasteiger partial charge < -0.3 is 15.0 Å². The average molecular weight is 404 g/mol. The van der Waals surface area contributed by atoms with Gasteiger partial charge in [0.25, 0.3) is 0 Å². The van der Waals surface area contributed by atoms with E-state index in [-0.39, 0.29) is 30.6 Å². The Kier molecular flexibility index (Phi) is 5.48. The number of nitrogens with one attached hydrogen (secondary N) is 1. The molecular formula is C24H21FN2O3. The minimum Gasteiger partial charge on any atom is -0.457 e. The molecule has 3 aromatic carbocycles. The number of hydrogen-bond donors (Lipinski definition) is 1. The molecule has 2 amide bonds. The number of hydrogen-bond acceptors (Lipinski definition) is 3. The van der Waals surface area contributed by atoms with Crippen molar-refractivity contribution < 1.29 is 18.7 Å². The number of benzene rings is 3. The van der Waals surface area contributed by atoms with Gasteiger partial charge in [-0.05, 0) is 73.2 Å². The Labute approximate surface area is 174 Å². The molecule has 4 rings (SSSR count). The first-order valence-corrected chi connectivity index (χ1v) is 9.69. The first kappa shape index (κ1) is 19.6. The second kappa shape index (κ2) is 8.37. The largest absolute Gasteiger partial charge is 0.457 e. The molecule has 1 fully saturated rings. The zero-order valence-electron chi connectivity index (χ0n) is 16.5. The third kappa shape index (κ3) is 4.49. The van der Waals surface area contributed by atoms with Crippen molar-refractivity contribution in [1.82, 2.24) is 0 Å². The monoisotopic (exact) mass is 404 g/mol. The highest BCUT2D eigenvalue weighted by Crippen LogP contribution is 2.27. The number of anilines is 2. The summed E-state index contributed by atoms with van der Waals surface area (Å²) in [5.74, 6) is 0.207. The summed E-state index contributed by atoms with van der Waals surface area (Å²) >= 11 is 0. The predicted octanol–water partition coefficient (Wildman–Crippen LogP) is 4.92. The number of aryl methyl sites for hydroxylation is 1. The van der Waals surface area contributed by atoms with Gasteiger partial charge in [0, 0.05) is 24.3 Å². The Morgan fingerprint density at radius 3 is 2.47 bits per heavy atom. The van der Waals surface area contributed by atoms with Gasteiger partial charge in [0.15, 0.2) is 0 Å². The van der Waals surface area contributed by atoms with Crippen molar-refractivity contribution in [1.29, 1.82) is 0 Å². The van der Waals surface area contributed by atoms with Crippen LogP contribution in [-0.4, -0.2) is 18.4 Å². The third-order valence-electron chi connectivity index (χ3n) is 4.98. The molecule has 0 radical (unpaired) electrons. The number of carbonyl (C=O) groups is 2. The van der Waals surface area contributed by atoms with E-state index in [2.05, 4.69) is 5.32 Å². The molecule has 152 valence electrons. The summed E-state index contributed by atoms with van der Waals surface area (Å²) in [5, 5.41) is 2.85. The second-order valence-corrected chi connectivity index (χ2v) is 7.31. The van der Waals surface area contributed by atoms with Crippen LogP contribution in [0, 0.1) is 18.7 Å². The summed E-state index contributed by atoms with van der Waals surface area (Å²) in [6, 6.07) is 20.5. The van der Waals surface area contributed by atoms with Gasteiger partial charge in [0.05, 0.1) is 5.92 Å². The first-order valence-electron chi connectivity index (χ1n) is 9.69. The van der Waals surface area contributed by atoms with E-state index in [0.717, 1.165) is 11.3 Å². The molecule has 0 spiro atoms. The molecule has 0 aliphatic carbocycles. The van der Waals surface area contributed by atoms with Crippen LogP contribution in [0.1, 0.15) is 12.0 Å². The highest BCUT2D eigenvalue weighted by atomic mass is 19.1. The Morgan fingerprint density at radius 1 is 1.03 bits per heavy atom. The van der Waals surface area contributed by atoms with E-state index in [1.807, 2.05) is 31.2 Å². The van der Waals surface area contributed by atoms with E-state index < -0.39 is 5.92 Å². The van der Waals surface area contributed by atoms with Gasteiger partial charge >= 0.3 is 0 Å². The molecule has 1 heterocycles. The lowest BCUT2D eigenvalue weighted by molar-refractivity contribution is -0.122. The van der Waals surface area contributed by atoms with Crippen LogP contribution in [0.5, 0.6) is 11.5 Å². The molecule has 0 aromatic heterocycles. The Morgan fingerprint density at radius 2 is 1.77 bits per heavy atom. The van der Waals surface area contributed by atoms with Gasteiger partial charge in [0.2, 0.25) is 11.8 Å². The molecule has 0 bridgehead atoms. The fourth-order valence-corrected chi connectivity index (χ4v) is 3.42. The number of carbonyl (C=O) groups excluding carboxylic acids is 2. The number of halogens is 1. The Balaban J connectivity index is 1.37. The molecule has 1 aliphatic rings. The second-order valence-electron chi connectivity index (χ2n) is 7.31. The minimum absolute atomic E-state index is 0.123. The molecule has 30 heavy (non-hydrogen) atoms. The number of ether oxygens (including phenoxy) is 1. The van der Waals surface area contributed by atoms with Crippen molar-refractivity contribution in [3.63, 3.8) is 0 Å². The summed E-state index contributed by atoms with van der Waals surface area (Å²) in [5.41, 5.74) is 2.33. The lowest BCUT2D eigenvalue weighted by Gasteiger charge is -2.16. The standard InChI is InChI=1S/C24H21FN2O3/c1-16-3-2-4-22(13-16)30-21-11-7-19(8-12-21)26-24(29)17-14-23(28)27(15-17)20-9-5-18(25)6-10-20/h2-13,17H,14-15H2,1H3,(H,26,29)/t17-/m0/s1. The van der Waals surface area contributed by atoms with E-state index in [1.165, 1.54) is 17.0 Å². The molecule has 3 aromatic rings. The van der Waals surface area contributed by atoms with Gasteiger partial charge in [-0.15, -0.1) is 0 Å². The van der Waals surface area contributed by atoms with E-state index in [4.69, 9.17) is 4.74 Å². The van der Waals surface area contributed by atoms with Crippen molar-refractivity contribution in [2.24, 2.45) is 5.92 Å². The molecule has 1 aliphatic heterocycles. The van der Waals surface area contributed by atoms with Crippen molar-refractivity contribution in [2.45, 2.75) is 13.3 Å². The fourth-order valence-electron chi connectivity index (χ4n) is 3.42. The highest BCUT2D eigenvalue weighted by molar-refractivity contribution is 6.03. The highest BCUT2D eigenvalue weighted by Gasteiger charge is 2.35. The molecule has 1 saturated heterocycles. The number of nitrogens with zero attached hydrogens (tertiary/aromatic N) is 1. The topological polar surface area (TPSA) is 58.6 Å². The van der Waals surface area contributed by atoms with E-state index >= 15 is 0 Å². The lowest BCUT2D eigenvalue weighted by atomic mass is 10.1. The van der Waals surface area contributed by atoms with Gasteiger partial charge in [-0.3, -0.25) is 9.59 Å². The minimum atomic E-state index is -0.467. The van der Waals surface area contributed by atoms with Crippen LogP contribution in [-0.2, 0) is 9.59 Å². The Bertz CT molecular complexity index is 1060. The maximum absolute atomic E-state index is 13.1. The zero-order chi connectivity index (χ0) is 21.1. The quantitative estimate of drug-likeness (QED) is 0.657. The Hall–Kier alpha value is -3.67. The number of amides is 2. The smallest absolute Gasteiger partial charge is 0.229 e. The number of rotatable bonds is 5. The van der Waals surface area contributed by atoms with Gasteiger partial charge in [-0.25, -0.2) is 4.39 Å². The molecule has 0 saturated carbocycles. The van der Waals surface area contributed by atoms with Gasteiger partial charge in [-0.2, -0.15) is 0 Å². The van der Waals surface area contributed by atoms with Crippen molar-refractivity contribution in [3.8, 4) is 11.5 Å². The van der Waals surface area contributed by atoms with Crippen LogP contribution >= 0.6 is 0 Å². The van der Waals surface area contributed by atoms with Crippen molar-refractivity contribution in [2.75, 3.05) is 16.8 Å². The van der Waals surface area contributed by atoms with Crippen molar-refractivity contribution in [3.05, 3.63) is 84.2 Å². The molecule has 1 atom stereocenters. The molecular weight excluding hydrogens is 383 g/mol. The van der Waals surface area contributed by atoms with E-state index in [1.54, 1.807) is 36.4 Å². The van der Waals surface area contributed by atoms with Crippen LogP contribution in [0.3, 0.4) is 0 Å². The van der Waals surface area contributed by atoms with Crippen LogP contribution in [0.2, 0.25) is 0 Å². The van der Waals surface area contributed by atoms with Crippen molar-refractivity contribution >= 4 is 23.2 Å². The van der Waals surface area contributed by atoms with E-state index in [9.17, 15) is 14.0 Å². The predicted molar refractivity (Wildman–Crippen MR) is 113 cm³/mol. The normalized spacial score (nSPS) is 15.9. The lowest BCUT2D eigenvalue weighted by Crippen LogP contribution is -2.28. The molecule has 1 N–H and O–H groups in total. The fraction of sp³-hybridized carbons (Fsp3) is 0.167. The SMILES string of the molecule is Cc1cccc(Oc2ccc(NC(=O)[C@H]3CC(=O)N(c4ccc(F)cc4)C3)cc2)c1. The van der Waals surface area contributed by atoms with Crippen LogP contribution in [0.4, 0.5) is 15.8 Å². The van der Waals surface area contributed by atoms with Crippen LogP contribution in [0.25, 0.3) is 0 Å². The molecule has 6 heteroatoms. The average Bonchev–Trinajstić information content (AvgIpc) is 3.12. The summed E-state index contributed by atoms with van der Waals surface area (Å²) < 4.78 is 18.9. The zero-order valence-corrected chi connectivity index (χ0v) is 16.5. The van der Waals surface area contributed by atoms with Crippen LogP contribution < -0.4 is 15.0 Å².